The first-order chi connectivity index (χ1) is 10.2. The summed E-state index contributed by atoms with van der Waals surface area (Å²) in [6.07, 6.45) is 0. The molecule has 110 valence electrons. The first-order valence-electron chi connectivity index (χ1n) is 6.85. The lowest BCUT2D eigenvalue weighted by Gasteiger charge is -2.12. The quantitative estimate of drug-likeness (QED) is 0.626. The molecule has 21 heavy (non-hydrogen) atoms. The summed E-state index contributed by atoms with van der Waals surface area (Å²) < 4.78 is 5.79. The third kappa shape index (κ3) is 4.29. The van der Waals surface area contributed by atoms with Crippen LogP contribution in [0.1, 0.15) is 18.1 Å². The molecule has 0 fully saturated rings. The summed E-state index contributed by atoms with van der Waals surface area (Å²) in [5.41, 5.74) is 1.93. The fraction of sp³-hybridized carbons (Fsp3) is 0.250. The van der Waals surface area contributed by atoms with Gasteiger partial charge in [0.15, 0.2) is 0 Å². The van der Waals surface area contributed by atoms with Crippen LogP contribution in [-0.2, 0) is 13.2 Å². The lowest BCUT2D eigenvalue weighted by Crippen LogP contribution is -2.13. The summed E-state index contributed by atoms with van der Waals surface area (Å²) >= 11 is 0. The number of hydrogen-bond donors (Lipinski definition) is 1. The summed E-state index contributed by atoms with van der Waals surface area (Å²) in [6, 6.07) is 14.5. The third-order valence-corrected chi connectivity index (χ3v) is 3.06. The van der Waals surface area contributed by atoms with Gasteiger partial charge in [-0.1, -0.05) is 37.3 Å². The molecular weight excluding hydrogens is 268 g/mol. The summed E-state index contributed by atoms with van der Waals surface area (Å²) in [7, 11) is 0. The van der Waals surface area contributed by atoms with E-state index in [1.54, 1.807) is 12.1 Å². The standard InChI is InChI=1S/C16H18N2O3/c1-2-17-11-14-10-15(18(19)20)8-9-16(14)21-12-13-6-4-3-5-7-13/h3-10,17H,2,11-12H2,1H3. The molecular formula is C16H18N2O3. The predicted molar refractivity (Wildman–Crippen MR) is 81.3 cm³/mol. The van der Waals surface area contributed by atoms with Gasteiger partial charge in [0.25, 0.3) is 5.69 Å². The number of rotatable bonds is 7. The molecule has 2 rings (SSSR count). The van der Waals surface area contributed by atoms with Gasteiger partial charge < -0.3 is 10.1 Å². The molecule has 2 aromatic rings. The molecule has 0 unspecified atom stereocenters. The number of ether oxygens (including phenoxy) is 1. The average Bonchev–Trinajstić information content (AvgIpc) is 2.52. The monoisotopic (exact) mass is 286 g/mol. The van der Waals surface area contributed by atoms with Crippen LogP contribution >= 0.6 is 0 Å². The summed E-state index contributed by atoms with van der Waals surface area (Å²) in [4.78, 5) is 10.5. The summed E-state index contributed by atoms with van der Waals surface area (Å²) in [5.74, 6) is 0.672. The topological polar surface area (TPSA) is 64.4 Å². The Morgan fingerprint density at radius 2 is 1.95 bits per heavy atom. The van der Waals surface area contributed by atoms with Crippen LogP contribution in [-0.4, -0.2) is 11.5 Å². The molecule has 1 N–H and O–H groups in total. The van der Waals surface area contributed by atoms with E-state index >= 15 is 0 Å². The Morgan fingerprint density at radius 3 is 2.62 bits per heavy atom. The van der Waals surface area contributed by atoms with Crippen LogP contribution < -0.4 is 10.1 Å². The van der Waals surface area contributed by atoms with E-state index < -0.39 is 4.92 Å². The van der Waals surface area contributed by atoms with Gasteiger partial charge in [0.1, 0.15) is 12.4 Å². The molecule has 0 aromatic heterocycles. The normalized spacial score (nSPS) is 10.3. The lowest BCUT2D eigenvalue weighted by atomic mass is 10.1. The molecule has 0 radical (unpaired) electrons. The number of non-ortho nitro benzene ring substituents is 1. The minimum atomic E-state index is -0.392. The Hall–Kier alpha value is -2.40. The van der Waals surface area contributed by atoms with Crippen molar-refractivity contribution in [2.24, 2.45) is 0 Å². The molecule has 0 aliphatic carbocycles. The van der Waals surface area contributed by atoms with Gasteiger partial charge in [-0.3, -0.25) is 10.1 Å². The van der Waals surface area contributed by atoms with E-state index in [1.165, 1.54) is 6.07 Å². The van der Waals surface area contributed by atoms with E-state index in [0.29, 0.717) is 18.9 Å². The highest BCUT2D eigenvalue weighted by Crippen LogP contribution is 2.25. The smallest absolute Gasteiger partial charge is 0.270 e. The Bertz CT molecular complexity index is 600. The summed E-state index contributed by atoms with van der Waals surface area (Å²) in [5, 5.41) is 14.0. The Balaban J connectivity index is 2.14. The molecule has 0 bridgehead atoms. The molecule has 2 aromatic carbocycles. The van der Waals surface area contributed by atoms with E-state index in [0.717, 1.165) is 17.7 Å². The van der Waals surface area contributed by atoms with Gasteiger partial charge in [-0.05, 0) is 18.2 Å². The van der Waals surface area contributed by atoms with E-state index in [4.69, 9.17) is 4.74 Å². The minimum Gasteiger partial charge on any atom is -0.489 e. The van der Waals surface area contributed by atoms with Crippen molar-refractivity contribution in [3.63, 3.8) is 0 Å². The zero-order chi connectivity index (χ0) is 15.1. The number of nitrogens with zero attached hydrogens (tertiary/aromatic N) is 1. The van der Waals surface area contributed by atoms with Crippen molar-refractivity contribution >= 4 is 5.69 Å². The molecule has 5 nitrogen and oxygen atoms in total. The first kappa shape index (κ1) is 15.0. The maximum atomic E-state index is 10.9. The van der Waals surface area contributed by atoms with Crippen LogP contribution in [0.3, 0.4) is 0 Å². The van der Waals surface area contributed by atoms with Crippen LogP contribution in [0.5, 0.6) is 5.75 Å². The van der Waals surface area contributed by atoms with E-state index in [9.17, 15) is 10.1 Å². The van der Waals surface area contributed by atoms with Crippen molar-refractivity contribution in [3.8, 4) is 5.75 Å². The maximum absolute atomic E-state index is 10.9. The molecule has 0 amide bonds. The number of benzene rings is 2. The average molecular weight is 286 g/mol. The maximum Gasteiger partial charge on any atom is 0.270 e. The first-order valence-corrected chi connectivity index (χ1v) is 6.85. The van der Waals surface area contributed by atoms with Crippen molar-refractivity contribution in [3.05, 3.63) is 69.8 Å². The van der Waals surface area contributed by atoms with Gasteiger partial charge >= 0.3 is 0 Å². The van der Waals surface area contributed by atoms with Crippen LogP contribution in [0.15, 0.2) is 48.5 Å². The Labute approximate surface area is 123 Å². The molecule has 0 saturated heterocycles. The number of nitrogens with one attached hydrogen (secondary N) is 1. The molecule has 0 saturated carbocycles. The highest BCUT2D eigenvalue weighted by Gasteiger charge is 2.11. The van der Waals surface area contributed by atoms with E-state index in [2.05, 4.69) is 5.32 Å². The van der Waals surface area contributed by atoms with Gasteiger partial charge in [-0.15, -0.1) is 0 Å². The van der Waals surface area contributed by atoms with Crippen molar-refractivity contribution < 1.29 is 9.66 Å². The number of nitro groups is 1. The van der Waals surface area contributed by atoms with E-state index in [1.807, 2.05) is 37.3 Å². The van der Waals surface area contributed by atoms with Crippen LogP contribution in [0, 0.1) is 10.1 Å². The highest BCUT2D eigenvalue weighted by molar-refractivity contribution is 5.44. The van der Waals surface area contributed by atoms with Gasteiger partial charge in [0.2, 0.25) is 0 Å². The largest absolute Gasteiger partial charge is 0.489 e. The zero-order valence-corrected chi connectivity index (χ0v) is 11.9. The third-order valence-electron chi connectivity index (χ3n) is 3.06. The minimum absolute atomic E-state index is 0.0787. The van der Waals surface area contributed by atoms with Crippen molar-refractivity contribution in [2.75, 3.05) is 6.54 Å². The second-order valence-corrected chi connectivity index (χ2v) is 4.60. The highest BCUT2D eigenvalue weighted by atomic mass is 16.6. The van der Waals surface area contributed by atoms with E-state index in [-0.39, 0.29) is 5.69 Å². The second kappa shape index (κ2) is 7.40. The van der Waals surface area contributed by atoms with Crippen LogP contribution in [0.2, 0.25) is 0 Å². The second-order valence-electron chi connectivity index (χ2n) is 4.60. The van der Waals surface area contributed by atoms with Gasteiger partial charge in [0, 0.05) is 24.2 Å². The predicted octanol–water partition coefficient (Wildman–Crippen LogP) is 3.28. The molecule has 0 spiro atoms. The van der Waals surface area contributed by atoms with Crippen LogP contribution in [0.25, 0.3) is 0 Å². The molecule has 5 heteroatoms. The SMILES string of the molecule is CCNCc1cc([N+](=O)[O-])ccc1OCc1ccccc1. The zero-order valence-electron chi connectivity index (χ0n) is 11.9. The van der Waals surface area contributed by atoms with Crippen molar-refractivity contribution in [1.82, 2.24) is 5.32 Å². The van der Waals surface area contributed by atoms with Crippen molar-refractivity contribution in [1.29, 1.82) is 0 Å². The Morgan fingerprint density at radius 1 is 1.19 bits per heavy atom. The van der Waals surface area contributed by atoms with Gasteiger partial charge in [-0.2, -0.15) is 0 Å². The number of nitro benzene ring substituents is 1. The van der Waals surface area contributed by atoms with Crippen LogP contribution in [0.4, 0.5) is 5.69 Å². The fourth-order valence-electron chi connectivity index (χ4n) is 1.95. The Kier molecular flexibility index (Phi) is 5.29. The number of hydrogen-bond acceptors (Lipinski definition) is 4. The molecule has 0 heterocycles. The lowest BCUT2D eigenvalue weighted by molar-refractivity contribution is -0.384. The van der Waals surface area contributed by atoms with Gasteiger partial charge in [0.05, 0.1) is 4.92 Å². The fourth-order valence-corrected chi connectivity index (χ4v) is 1.95. The molecule has 0 atom stereocenters. The summed E-state index contributed by atoms with van der Waals surface area (Å²) in [6.45, 7) is 3.77. The molecule has 0 aliphatic heterocycles. The van der Waals surface area contributed by atoms with Gasteiger partial charge in [-0.25, -0.2) is 0 Å². The molecule has 0 aliphatic rings. The van der Waals surface area contributed by atoms with Crippen molar-refractivity contribution in [2.45, 2.75) is 20.1 Å².